The number of carbonyl (C=O) groups excluding carboxylic acids is 1. The highest BCUT2D eigenvalue weighted by Crippen LogP contribution is 2.25. The van der Waals surface area contributed by atoms with E-state index < -0.39 is 12.1 Å². The molecule has 1 rings (SSSR count). The van der Waals surface area contributed by atoms with Crippen molar-refractivity contribution in [2.75, 3.05) is 5.32 Å². The SMILES string of the molecule is N=NC(O)C(=O)Nc1ccc(Cl)cc1Cl. The molecule has 0 fully saturated rings. The third-order valence-corrected chi connectivity index (χ3v) is 2.09. The van der Waals surface area contributed by atoms with Crippen molar-refractivity contribution in [3.05, 3.63) is 28.2 Å². The van der Waals surface area contributed by atoms with Crippen LogP contribution in [0.3, 0.4) is 0 Å². The maximum atomic E-state index is 11.1. The molecule has 0 saturated carbocycles. The first-order valence-corrected chi connectivity index (χ1v) is 4.60. The number of carbonyl (C=O) groups is 1. The molecular weight excluding hydrogens is 241 g/mol. The fourth-order valence-corrected chi connectivity index (χ4v) is 1.30. The second kappa shape index (κ2) is 5.06. The van der Waals surface area contributed by atoms with Gasteiger partial charge in [-0.25, -0.2) is 5.53 Å². The molecule has 0 spiro atoms. The van der Waals surface area contributed by atoms with Crippen molar-refractivity contribution in [1.29, 1.82) is 5.53 Å². The van der Waals surface area contributed by atoms with Gasteiger partial charge in [0.15, 0.2) is 0 Å². The zero-order valence-corrected chi connectivity index (χ0v) is 8.88. The molecule has 7 heteroatoms. The third kappa shape index (κ3) is 3.16. The molecule has 0 radical (unpaired) electrons. The van der Waals surface area contributed by atoms with Crippen LogP contribution in [0.15, 0.2) is 23.3 Å². The van der Waals surface area contributed by atoms with E-state index in [1.54, 1.807) is 0 Å². The molecule has 1 amide bonds. The molecule has 0 aromatic heterocycles. The second-order valence-corrected chi connectivity index (χ2v) is 3.46. The molecule has 15 heavy (non-hydrogen) atoms. The van der Waals surface area contributed by atoms with Gasteiger partial charge < -0.3 is 10.4 Å². The third-order valence-electron chi connectivity index (χ3n) is 1.55. The molecule has 0 aliphatic carbocycles. The quantitative estimate of drug-likeness (QED) is 0.716. The molecule has 5 nitrogen and oxygen atoms in total. The van der Waals surface area contributed by atoms with E-state index >= 15 is 0 Å². The van der Waals surface area contributed by atoms with E-state index in [1.807, 2.05) is 0 Å². The van der Waals surface area contributed by atoms with Crippen molar-refractivity contribution in [3.63, 3.8) is 0 Å². The zero-order chi connectivity index (χ0) is 11.4. The van der Waals surface area contributed by atoms with Crippen LogP contribution in [0.1, 0.15) is 0 Å². The van der Waals surface area contributed by atoms with Crippen molar-refractivity contribution >= 4 is 34.8 Å². The molecule has 0 saturated heterocycles. The van der Waals surface area contributed by atoms with E-state index in [0.29, 0.717) is 10.7 Å². The summed E-state index contributed by atoms with van der Waals surface area (Å²) in [5.41, 5.74) is 6.75. The lowest BCUT2D eigenvalue weighted by atomic mass is 10.3. The predicted octanol–water partition coefficient (Wildman–Crippen LogP) is 2.28. The first kappa shape index (κ1) is 11.9. The Morgan fingerprint density at radius 3 is 2.73 bits per heavy atom. The number of hydrogen-bond acceptors (Lipinski definition) is 4. The van der Waals surface area contributed by atoms with Crippen LogP contribution in [-0.4, -0.2) is 17.2 Å². The molecule has 0 bridgehead atoms. The summed E-state index contributed by atoms with van der Waals surface area (Å²) in [7, 11) is 0. The van der Waals surface area contributed by atoms with Crippen molar-refractivity contribution in [3.8, 4) is 0 Å². The van der Waals surface area contributed by atoms with Crippen LogP contribution < -0.4 is 5.32 Å². The average Bonchev–Trinajstić information content (AvgIpc) is 2.20. The minimum absolute atomic E-state index is 0.244. The summed E-state index contributed by atoms with van der Waals surface area (Å²) >= 11 is 11.4. The Morgan fingerprint density at radius 2 is 2.20 bits per heavy atom. The Hall–Kier alpha value is -1.17. The standard InChI is InChI=1S/C8H7Cl2N3O2/c9-4-1-2-6(5(10)3-4)12-7(14)8(15)13-11/h1-3,8,11,15H,(H,12,14). The summed E-state index contributed by atoms with van der Waals surface area (Å²) in [5, 5.41) is 14.5. The first-order valence-electron chi connectivity index (χ1n) is 3.85. The normalized spacial score (nSPS) is 11.9. The number of aliphatic hydroxyl groups is 1. The fraction of sp³-hybridized carbons (Fsp3) is 0.125. The van der Waals surface area contributed by atoms with E-state index in [-0.39, 0.29) is 5.02 Å². The molecular formula is C8H7Cl2N3O2. The number of benzene rings is 1. The summed E-state index contributed by atoms with van der Waals surface area (Å²) in [5.74, 6) is -0.825. The van der Waals surface area contributed by atoms with Gasteiger partial charge in [-0.3, -0.25) is 4.79 Å². The van der Waals surface area contributed by atoms with Crippen LogP contribution in [0.5, 0.6) is 0 Å². The topological polar surface area (TPSA) is 85.5 Å². The molecule has 1 aromatic rings. The maximum absolute atomic E-state index is 11.1. The van der Waals surface area contributed by atoms with Crippen LogP contribution >= 0.6 is 23.2 Å². The largest absolute Gasteiger partial charge is 0.363 e. The lowest BCUT2D eigenvalue weighted by molar-refractivity contribution is -0.123. The van der Waals surface area contributed by atoms with E-state index in [9.17, 15) is 4.79 Å². The number of aliphatic hydroxyl groups excluding tert-OH is 1. The number of nitrogens with zero attached hydrogens (tertiary/aromatic N) is 1. The molecule has 1 atom stereocenters. The number of halogens is 2. The van der Waals surface area contributed by atoms with Crippen LogP contribution in [0.25, 0.3) is 0 Å². The highest BCUT2D eigenvalue weighted by Gasteiger charge is 2.14. The van der Waals surface area contributed by atoms with Gasteiger partial charge in [0.05, 0.1) is 10.7 Å². The Labute approximate surface area is 95.5 Å². The van der Waals surface area contributed by atoms with Gasteiger partial charge >= 0.3 is 0 Å². The van der Waals surface area contributed by atoms with E-state index in [1.165, 1.54) is 18.2 Å². The smallest absolute Gasteiger partial charge is 0.278 e. The van der Waals surface area contributed by atoms with Gasteiger partial charge in [-0.1, -0.05) is 23.2 Å². The first-order chi connectivity index (χ1) is 7.04. The minimum Gasteiger partial charge on any atom is -0.363 e. The van der Waals surface area contributed by atoms with Crippen molar-refractivity contribution in [2.45, 2.75) is 6.23 Å². The molecule has 0 heterocycles. The van der Waals surface area contributed by atoms with Gasteiger partial charge in [0, 0.05) is 5.02 Å². The van der Waals surface area contributed by atoms with Crippen LogP contribution in [0, 0.1) is 5.53 Å². The van der Waals surface area contributed by atoms with E-state index in [2.05, 4.69) is 10.4 Å². The van der Waals surface area contributed by atoms with Crippen LogP contribution in [-0.2, 0) is 4.79 Å². The average molecular weight is 248 g/mol. The second-order valence-electron chi connectivity index (χ2n) is 2.62. The molecule has 1 aromatic carbocycles. The lowest BCUT2D eigenvalue weighted by Gasteiger charge is -2.08. The number of hydrogen-bond donors (Lipinski definition) is 3. The minimum atomic E-state index is -1.73. The number of anilines is 1. The van der Waals surface area contributed by atoms with Gasteiger partial charge in [-0.05, 0) is 18.2 Å². The summed E-state index contributed by atoms with van der Waals surface area (Å²) in [6, 6.07) is 4.47. The number of amides is 1. The number of nitrogens with one attached hydrogen (secondary N) is 2. The van der Waals surface area contributed by atoms with Crippen LogP contribution in [0.2, 0.25) is 10.0 Å². The molecule has 3 N–H and O–H groups in total. The predicted molar refractivity (Wildman–Crippen MR) is 56.2 cm³/mol. The van der Waals surface area contributed by atoms with Gasteiger partial charge in [-0.2, -0.15) is 5.11 Å². The Bertz CT molecular complexity index is 397. The van der Waals surface area contributed by atoms with Crippen molar-refractivity contribution in [2.24, 2.45) is 5.11 Å². The van der Waals surface area contributed by atoms with Gasteiger partial charge in [0.25, 0.3) is 5.91 Å². The van der Waals surface area contributed by atoms with Gasteiger partial charge in [0.1, 0.15) is 0 Å². The van der Waals surface area contributed by atoms with E-state index in [0.717, 1.165) is 0 Å². The van der Waals surface area contributed by atoms with E-state index in [4.69, 9.17) is 33.8 Å². The number of rotatable bonds is 3. The van der Waals surface area contributed by atoms with Gasteiger partial charge in [-0.15, -0.1) is 0 Å². The summed E-state index contributed by atoms with van der Waals surface area (Å²) in [6.07, 6.45) is -1.73. The van der Waals surface area contributed by atoms with Crippen molar-refractivity contribution < 1.29 is 9.90 Å². The lowest BCUT2D eigenvalue weighted by Crippen LogP contribution is -2.25. The summed E-state index contributed by atoms with van der Waals surface area (Å²) in [4.78, 5) is 11.1. The van der Waals surface area contributed by atoms with Crippen molar-refractivity contribution in [1.82, 2.24) is 0 Å². The van der Waals surface area contributed by atoms with Crippen LogP contribution in [0.4, 0.5) is 5.69 Å². The highest BCUT2D eigenvalue weighted by molar-refractivity contribution is 6.36. The Kier molecular flexibility index (Phi) is 4.02. The summed E-state index contributed by atoms with van der Waals surface area (Å²) in [6.45, 7) is 0. The molecule has 1 unspecified atom stereocenters. The monoisotopic (exact) mass is 247 g/mol. The maximum Gasteiger partial charge on any atom is 0.278 e. The molecule has 0 aliphatic heterocycles. The Balaban J connectivity index is 2.81. The molecule has 80 valence electrons. The zero-order valence-electron chi connectivity index (χ0n) is 7.37. The fourth-order valence-electron chi connectivity index (χ4n) is 0.847. The van der Waals surface area contributed by atoms with Gasteiger partial charge in [0.2, 0.25) is 6.23 Å². The highest BCUT2D eigenvalue weighted by atomic mass is 35.5. The summed E-state index contributed by atoms with van der Waals surface area (Å²) < 4.78 is 0. The Morgan fingerprint density at radius 1 is 1.53 bits per heavy atom. The molecule has 0 aliphatic rings.